The second-order valence-corrected chi connectivity index (χ2v) is 17.5. The molecule has 0 radical (unpaired) electrons. The fraction of sp³-hybridized carbons (Fsp3) is 0.265. The lowest BCUT2D eigenvalue weighted by Crippen LogP contribution is -2.22. The van der Waals surface area contributed by atoms with Crippen molar-refractivity contribution in [3.8, 4) is 22.3 Å². The van der Waals surface area contributed by atoms with Crippen molar-refractivity contribution < 1.29 is 38.2 Å². The Hall–Kier alpha value is -5.41. The van der Waals surface area contributed by atoms with Gasteiger partial charge in [-0.2, -0.15) is 0 Å². The number of carbonyl (C=O) groups excluding carboxylic acids is 6. The Morgan fingerprint density at radius 3 is 1.43 bits per heavy atom. The molecule has 5 aliphatic rings. The molecule has 4 aromatic rings. The summed E-state index contributed by atoms with van der Waals surface area (Å²) in [7, 11) is 0. The van der Waals surface area contributed by atoms with Crippen LogP contribution in [0.25, 0.3) is 22.3 Å². The highest BCUT2D eigenvalue weighted by atomic mass is 35.6. The van der Waals surface area contributed by atoms with Crippen molar-refractivity contribution in [2.24, 2.45) is 35.5 Å². The van der Waals surface area contributed by atoms with Crippen molar-refractivity contribution in [2.45, 2.75) is 30.0 Å². The molecule has 9 rings (SSSR count). The fourth-order valence-electron chi connectivity index (χ4n) is 9.00. The summed E-state index contributed by atoms with van der Waals surface area (Å²) < 4.78 is 10.4. The topological polar surface area (TPSA) is 121 Å². The standard InChI is InChI=1S/C25H22O4.C23H18O4.CHCl3/c1-3-15-11-16(4-2)18(12-15)14-29-25(28)17-9-10-21-22(13-17)19-7-5-6-8-20(19)23(26)24(21)27;24-21-18-4-2-1-3-17(18)20-11-15(7-8-19(20)22(21)25)23(26)27-12-16-10-13-5-6-14(16)9-13;2-1(3)4/h3-10,13,15-16,18H,1-2,11-12,14H2;1-8,11,13-14,16H,9-10,12H2;1H. The van der Waals surface area contributed by atoms with E-state index >= 15 is 0 Å². The lowest BCUT2D eigenvalue weighted by atomic mass is 9.83. The van der Waals surface area contributed by atoms with Crippen LogP contribution < -0.4 is 0 Å². The van der Waals surface area contributed by atoms with Gasteiger partial charge in [-0.25, -0.2) is 9.59 Å². The van der Waals surface area contributed by atoms with Crippen LogP contribution in [0.3, 0.4) is 0 Å². The Labute approximate surface area is 363 Å². The molecule has 0 amide bonds. The number of ketones is 4. The van der Waals surface area contributed by atoms with Crippen LogP contribution in [0.1, 0.15) is 87.8 Å². The third-order valence-electron chi connectivity index (χ3n) is 12.0. The van der Waals surface area contributed by atoms with Crippen molar-refractivity contribution in [3.05, 3.63) is 156 Å². The van der Waals surface area contributed by atoms with Gasteiger partial charge in [0.15, 0.2) is 4.30 Å². The van der Waals surface area contributed by atoms with E-state index in [1.54, 1.807) is 66.7 Å². The van der Waals surface area contributed by atoms with Crippen LogP contribution in [-0.2, 0) is 9.47 Å². The molecule has 306 valence electrons. The summed E-state index contributed by atoms with van der Waals surface area (Å²) in [4.78, 5) is 74.6. The first kappa shape index (κ1) is 42.7. The van der Waals surface area contributed by atoms with Gasteiger partial charge in [0, 0.05) is 22.3 Å². The van der Waals surface area contributed by atoms with Gasteiger partial charge in [0.2, 0.25) is 23.1 Å². The lowest BCUT2D eigenvalue weighted by Gasteiger charge is -2.19. The first-order valence-corrected chi connectivity index (χ1v) is 21.0. The Morgan fingerprint density at radius 2 is 1.02 bits per heavy atom. The minimum atomic E-state index is -0.750. The Kier molecular flexibility index (Phi) is 13.1. The van der Waals surface area contributed by atoms with E-state index in [1.807, 2.05) is 24.3 Å². The molecule has 0 saturated heterocycles. The van der Waals surface area contributed by atoms with Crippen LogP contribution in [0, 0.1) is 35.5 Å². The van der Waals surface area contributed by atoms with Gasteiger partial charge < -0.3 is 9.47 Å². The van der Waals surface area contributed by atoms with E-state index in [-0.39, 0.29) is 11.9 Å². The number of hydrogen-bond acceptors (Lipinski definition) is 8. The van der Waals surface area contributed by atoms with Crippen molar-refractivity contribution in [1.29, 1.82) is 0 Å². The molecule has 0 aliphatic heterocycles. The van der Waals surface area contributed by atoms with Crippen molar-refractivity contribution >= 4 is 69.9 Å². The molecule has 6 unspecified atom stereocenters. The number of halogens is 3. The van der Waals surface area contributed by atoms with Crippen molar-refractivity contribution in [2.75, 3.05) is 13.2 Å². The van der Waals surface area contributed by atoms with E-state index in [0.29, 0.717) is 98.4 Å². The molecule has 11 heteroatoms. The molecule has 2 saturated carbocycles. The number of Topliss-reactive ketones (excluding diaryl/α,β-unsaturated/α-hetero) is 4. The van der Waals surface area contributed by atoms with Crippen LogP contribution in [0.5, 0.6) is 0 Å². The van der Waals surface area contributed by atoms with E-state index in [2.05, 4.69) is 25.3 Å². The number of benzene rings is 4. The molecular formula is C49H41Cl3O8. The van der Waals surface area contributed by atoms with E-state index < -0.39 is 33.4 Å². The van der Waals surface area contributed by atoms with Crippen molar-refractivity contribution in [3.63, 3.8) is 0 Å². The van der Waals surface area contributed by atoms with Gasteiger partial charge >= 0.3 is 11.9 Å². The van der Waals surface area contributed by atoms with Crippen LogP contribution in [0.15, 0.2) is 122 Å². The molecule has 6 atom stereocenters. The van der Waals surface area contributed by atoms with Gasteiger partial charge in [0.25, 0.3) is 0 Å². The summed E-state index contributed by atoms with van der Waals surface area (Å²) in [6.07, 6.45) is 12.6. The number of esters is 2. The maximum Gasteiger partial charge on any atom is 0.338 e. The molecule has 8 nitrogen and oxygen atoms in total. The van der Waals surface area contributed by atoms with Gasteiger partial charge in [0.1, 0.15) is 0 Å². The number of hydrogen-bond donors (Lipinski definition) is 0. The fourth-order valence-corrected chi connectivity index (χ4v) is 9.00. The highest BCUT2D eigenvalue weighted by molar-refractivity contribution is 6.63. The van der Waals surface area contributed by atoms with Crippen LogP contribution in [-0.4, -0.2) is 52.6 Å². The molecule has 2 bridgehead atoms. The average molecular weight is 864 g/mol. The van der Waals surface area contributed by atoms with Gasteiger partial charge in [-0.1, -0.05) is 108 Å². The first-order valence-electron chi connectivity index (χ1n) is 19.7. The maximum absolute atomic E-state index is 12.7. The summed E-state index contributed by atoms with van der Waals surface area (Å²) in [5.41, 5.74) is 4.75. The second-order valence-electron chi connectivity index (χ2n) is 15.5. The zero-order valence-corrected chi connectivity index (χ0v) is 34.8. The molecule has 4 aromatic carbocycles. The number of rotatable bonds is 8. The normalized spacial score (nSPS) is 22.6. The average Bonchev–Trinajstić information content (AvgIpc) is 4.02. The first-order chi connectivity index (χ1) is 28.9. The number of ether oxygens (including phenoxy) is 2. The van der Waals surface area contributed by atoms with E-state index in [0.717, 1.165) is 19.3 Å². The Balaban J connectivity index is 0.000000167. The molecule has 0 aromatic heterocycles. The van der Waals surface area contributed by atoms with Gasteiger partial charge in [-0.15, -0.1) is 13.2 Å². The SMILES string of the molecule is C=CC1CC(C=C)C(COC(=O)c2ccc3c(c2)-c2ccccc2C(=O)C3=O)C1.ClC(Cl)Cl.O=C(OCC1CC2C=CC1C2)c1ccc2c(c1)-c1ccccc1C(=O)C2=O. The summed E-state index contributed by atoms with van der Waals surface area (Å²) >= 11 is 14.4. The maximum atomic E-state index is 12.7. The van der Waals surface area contributed by atoms with Gasteiger partial charge in [0.05, 0.1) is 24.3 Å². The number of carbonyl (C=O) groups is 6. The quantitative estimate of drug-likeness (QED) is 0.0743. The monoisotopic (exact) mass is 862 g/mol. The summed E-state index contributed by atoms with van der Waals surface area (Å²) in [5, 5.41) is 0. The highest BCUT2D eigenvalue weighted by Crippen LogP contribution is 2.44. The summed E-state index contributed by atoms with van der Waals surface area (Å²) in [6, 6.07) is 23.5. The molecule has 5 aliphatic carbocycles. The Bertz CT molecular complexity index is 2450. The van der Waals surface area contributed by atoms with Crippen LogP contribution in [0.2, 0.25) is 0 Å². The van der Waals surface area contributed by atoms with E-state index in [4.69, 9.17) is 44.3 Å². The van der Waals surface area contributed by atoms with Gasteiger partial charge in [-0.05, 0) is 120 Å². The Morgan fingerprint density at radius 1 is 0.567 bits per heavy atom. The zero-order valence-electron chi connectivity index (χ0n) is 32.5. The highest BCUT2D eigenvalue weighted by Gasteiger charge is 2.37. The molecule has 0 heterocycles. The van der Waals surface area contributed by atoms with Crippen molar-refractivity contribution in [1.82, 2.24) is 0 Å². The minimum Gasteiger partial charge on any atom is -0.462 e. The molecular weight excluding hydrogens is 823 g/mol. The largest absolute Gasteiger partial charge is 0.462 e. The number of allylic oxidation sites excluding steroid dienone is 4. The smallest absolute Gasteiger partial charge is 0.338 e. The molecule has 0 N–H and O–H groups in total. The minimum absolute atomic E-state index is 0.233. The summed E-state index contributed by atoms with van der Waals surface area (Å²) in [5.74, 6) is -0.370. The van der Waals surface area contributed by atoms with Crippen LogP contribution >= 0.6 is 34.8 Å². The predicted octanol–water partition coefficient (Wildman–Crippen LogP) is 11.0. The molecule has 2 fully saturated rings. The molecule has 60 heavy (non-hydrogen) atoms. The lowest BCUT2D eigenvalue weighted by molar-refractivity contribution is 0.0413. The third kappa shape index (κ3) is 8.87. The molecule has 0 spiro atoms. The van der Waals surface area contributed by atoms with Gasteiger partial charge in [-0.3, -0.25) is 19.2 Å². The number of fused-ring (bicyclic) bond motifs is 8. The summed E-state index contributed by atoms with van der Waals surface area (Å²) in [6.45, 7) is 8.51. The van der Waals surface area contributed by atoms with E-state index in [1.165, 1.54) is 12.5 Å². The third-order valence-corrected chi connectivity index (χ3v) is 12.0. The van der Waals surface area contributed by atoms with E-state index in [9.17, 15) is 28.8 Å². The van der Waals surface area contributed by atoms with Crippen LogP contribution in [0.4, 0.5) is 0 Å². The predicted molar refractivity (Wildman–Crippen MR) is 232 cm³/mol. The second kappa shape index (κ2) is 18.5. The zero-order chi connectivity index (χ0) is 42.7. The number of alkyl halides is 3.